The first-order valence-electron chi connectivity index (χ1n) is 7.02. The third-order valence-corrected chi connectivity index (χ3v) is 4.47. The van der Waals surface area contributed by atoms with Crippen LogP contribution < -0.4 is 5.32 Å². The largest absolute Gasteiger partial charge is 0.308 e. The lowest BCUT2D eigenvalue weighted by molar-refractivity contribution is -0.387. The molecule has 1 atom stereocenters. The Kier molecular flexibility index (Phi) is 3.67. The fourth-order valence-corrected chi connectivity index (χ4v) is 3.28. The fraction of sp³-hybridized carbons (Fsp3) is 0.571. The van der Waals surface area contributed by atoms with Crippen molar-refractivity contribution in [2.24, 2.45) is 5.92 Å². The Labute approximate surface area is 116 Å². The second-order valence-electron chi connectivity index (χ2n) is 5.63. The molecule has 0 radical (unpaired) electrons. The van der Waals surface area contributed by atoms with Gasteiger partial charge in [0.15, 0.2) is 0 Å². The summed E-state index contributed by atoms with van der Waals surface area (Å²) in [6, 6.07) is 4.72. The topological polar surface area (TPSA) is 58.4 Å². The maximum atomic E-state index is 14.0. The lowest BCUT2D eigenvalue weighted by Crippen LogP contribution is -2.55. The number of nitro benzene ring substituents is 1. The summed E-state index contributed by atoms with van der Waals surface area (Å²) in [5.41, 5.74) is -0.0751. The first-order chi connectivity index (χ1) is 9.65. The van der Waals surface area contributed by atoms with Gasteiger partial charge in [0.25, 0.3) is 0 Å². The molecule has 1 unspecified atom stereocenters. The van der Waals surface area contributed by atoms with Gasteiger partial charge in [-0.05, 0) is 31.8 Å². The summed E-state index contributed by atoms with van der Waals surface area (Å²) in [5.74, 6) is -0.0620. The van der Waals surface area contributed by atoms with Crippen molar-refractivity contribution in [3.63, 3.8) is 0 Å². The molecule has 0 saturated carbocycles. The third-order valence-electron chi connectivity index (χ3n) is 4.47. The summed E-state index contributed by atoms with van der Waals surface area (Å²) in [6.07, 6.45) is 2.38. The van der Waals surface area contributed by atoms with Crippen LogP contribution in [0.1, 0.15) is 18.4 Å². The molecule has 6 heteroatoms. The fourth-order valence-electron chi connectivity index (χ4n) is 3.28. The molecule has 3 fully saturated rings. The molecule has 0 aliphatic carbocycles. The highest BCUT2D eigenvalue weighted by molar-refractivity contribution is 5.36. The standard InChI is InChI=1S/C14H18FN3O2/c15-14-11(2-1-3-13(14)18(19)20)8-16-12-9-17-6-4-10(12)5-7-17/h1-3,10,12,16H,4-9H2. The molecule has 1 N–H and O–H groups in total. The molecule has 3 aliphatic rings. The van der Waals surface area contributed by atoms with Crippen LogP contribution in [0.4, 0.5) is 10.1 Å². The Bertz CT molecular complexity index is 515. The molecule has 3 aliphatic heterocycles. The van der Waals surface area contributed by atoms with Gasteiger partial charge in [0.2, 0.25) is 5.82 Å². The highest BCUT2D eigenvalue weighted by Crippen LogP contribution is 2.28. The molecule has 3 heterocycles. The van der Waals surface area contributed by atoms with E-state index in [9.17, 15) is 14.5 Å². The van der Waals surface area contributed by atoms with Gasteiger partial charge in [0.05, 0.1) is 4.92 Å². The highest BCUT2D eigenvalue weighted by atomic mass is 19.1. The smallest absolute Gasteiger partial charge is 0.305 e. The van der Waals surface area contributed by atoms with Crippen molar-refractivity contribution in [3.8, 4) is 0 Å². The summed E-state index contributed by atoms with van der Waals surface area (Å²) >= 11 is 0. The number of hydrogen-bond acceptors (Lipinski definition) is 4. The van der Waals surface area contributed by atoms with Crippen molar-refractivity contribution >= 4 is 5.69 Å². The monoisotopic (exact) mass is 279 g/mol. The normalized spacial score (nSPS) is 28.6. The molecular formula is C14H18FN3O2. The minimum Gasteiger partial charge on any atom is -0.308 e. The molecule has 1 aromatic carbocycles. The number of fused-ring (bicyclic) bond motifs is 3. The van der Waals surface area contributed by atoms with Gasteiger partial charge < -0.3 is 10.2 Å². The number of nitrogens with one attached hydrogen (secondary N) is 1. The summed E-state index contributed by atoms with van der Waals surface area (Å²) in [5, 5.41) is 14.1. The molecule has 0 aromatic heterocycles. The van der Waals surface area contributed by atoms with E-state index in [1.54, 1.807) is 6.07 Å². The summed E-state index contributed by atoms with van der Waals surface area (Å²) in [4.78, 5) is 12.5. The second-order valence-corrected chi connectivity index (χ2v) is 5.63. The van der Waals surface area contributed by atoms with E-state index in [0.717, 1.165) is 19.6 Å². The van der Waals surface area contributed by atoms with Crippen LogP contribution in [0.2, 0.25) is 0 Å². The van der Waals surface area contributed by atoms with Gasteiger partial charge in [0.1, 0.15) is 0 Å². The molecule has 4 rings (SSSR count). The molecule has 3 saturated heterocycles. The average molecular weight is 279 g/mol. The number of nitrogens with zero attached hydrogens (tertiary/aromatic N) is 2. The van der Waals surface area contributed by atoms with Crippen LogP contribution in [0.5, 0.6) is 0 Å². The zero-order valence-corrected chi connectivity index (χ0v) is 11.2. The SMILES string of the molecule is O=[N+]([O-])c1cccc(CNC2CN3CCC2CC3)c1F. The number of benzene rings is 1. The van der Waals surface area contributed by atoms with Crippen LogP contribution >= 0.6 is 0 Å². The minimum atomic E-state index is -0.716. The van der Waals surface area contributed by atoms with Crippen molar-refractivity contribution in [3.05, 3.63) is 39.7 Å². The minimum absolute atomic E-state index is 0.350. The van der Waals surface area contributed by atoms with Gasteiger partial charge in [0, 0.05) is 30.8 Å². The summed E-state index contributed by atoms with van der Waals surface area (Å²) in [7, 11) is 0. The second kappa shape index (κ2) is 5.46. The van der Waals surface area contributed by atoms with Crippen LogP contribution in [-0.4, -0.2) is 35.5 Å². The van der Waals surface area contributed by atoms with Crippen molar-refractivity contribution < 1.29 is 9.31 Å². The Morgan fingerprint density at radius 3 is 2.75 bits per heavy atom. The Hall–Kier alpha value is -1.53. The lowest BCUT2D eigenvalue weighted by atomic mass is 9.84. The lowest BCUT2D eigenvalue weighted by Gasteiger charge is -2.45. The molecular weight excluding hydrogens is 261 g/mol. The quantitative estimate of drug-likeness (QED) is 0.675. The van der Waals surface area contributed by atoms with E-state index in [1.807, 2.05) is 0 Å². The van der Waals surface area contributed by atoms with Gasteiger partial charge in [-0.25, -0.2) is 0 Å². The van der Waals surface area contributed by atoms with E-state index in [-0.39, 0.29) is 0 Å². The van der Waals surface area contributed by atoms with E-state index in [0.29, 0.717) is 24.1 Å². The third kappa shape index (κ3) is 2.53. The number of halogens is 1. The molecule has 108 valence electrons. The van der Waals surface area contributed by atoms with Gasteiger partial charge in [-0.3, -0.25) is 10.1 Å². The van der Waals surface area contributed by atoms with E-state index in [2.05, 4.69) is 10.2 Å². The Balaban J connectivity index is 1.67. The number of piperidine rings is 3. The predicted molar refractivity (Wildman–Crippen MR) is 72.8 cm³/mol. The molecule has 1 aromatic rings. The van der Waals surface area contributed by atoms with Crippen molar-refractivity contribution in [2.45, 2.75) is 25.4 Å². The predicted octanol–water partition coefficient (Wildman–Crippen LogP) is 1.92. The highest BCUT2D eigenvalue weighted by Gasteiger charge is 2.33. The summed E-state index contributed by atoms with van der Waals surface area (Å²) < 4.78 is 14.0. The van der Waals surface area contributed by atoms with Gasteiger partial charge in [-0.15, -0.1) is 0 Å². The van der Waals surface area contributed by atoms with Crippen LogP contribution in [-0.2, 0) is 6.54 Å². The van der Waals surface area contributed by atoms with E-state index in [4.69, 9.17) is 0 Å². The van der Waals surface area contributed by atoms with Gasteiger partial charge >= 0.3 is 5.69 Å². The van der Waals surface area contributed by atoms with Crippen molar-refractivity contribution in [2.75, 3.05) is 19.6 Å². The zero-order valence-electron chi connectivity index (χ0n) is 11.2. The maximum Gasteiger partial charge on any atom is 0.305 e. The number of nitro groups is 1. The van der Waals surface area contributed by atoms with Crippen LogP contribution in [0.15, 0.2) is 18.2 Å². The van der Waals surface area contributed by atoms with E-state index in [1.165, 1.54) is 25.0 Å². The Morgan fingerprint density at radius 2 is 2.15 bits per heavy atom. The molecule has 2 bridgehead atoms. The van der Waals surface area contributed by atoms with E-state index < -0.39 is 16.4 Å². The van der Waals surface area contributed by atoms with Crippen LogP contribution in [0.3, 0.4) is 0 Å². The Morgan fingerprint density at radius 1 is 1.40 bits per heavy atom. The maximum absolute atomic E-state index is 14.0. The molecule has 0 spiro atoms. The summed E-state index contributed by atoms with van der Waals surface area (Å²) in [6.45, 7) is 3.67. The number of hydrogen-bond donors (Lipinski definition) is 1. The van der Waals surface area contributed by atoms with Gasteiger partial charge in [-0.1, -0.05) is 12.1 Å². The first-order valence-corrected chi connectivity index (χ1v) is 7.02. The van der Waals surface area contributed by atoms with Crippen LogP contribution in [0.25, 0.3) is 0 Å². The first kappa shape index (κ1) is 13.5. The van der Waals surface area contributed by atoms with E-state index >= 15 is 0 Å². The molecule has 0 amide bonds. The average Bonchev–Trinajstić information content (AvgIpc) is 2.47. The van der Waals surface area contributed by atoms with Crippen molar-refractivity contribution in [1.82, 2.24) is 10.2 Å². The van der Waals surface area contributed by atoms with Gasteiger partial charge in [-0.2, -0.15) is 4.39 Å². The molecule has 5 nitrogen and oxygen atoms in total. The number of rotatable bonds is 4. The van der Waals surface area contributed by atoms with Crippen LogP contribution in [0, 0.1) is 21.8 Å². The molecule has 20 heavy (non-hydrogen) atoms. The zero-order chi connectivity index (χ0) is 14.1. The van der Waals surface area contributed by atoms with Crippen molar-refractivity contribution in [1.29, 1.82) is 0 Å².